The molecule has 0 fully saturated rings. The first-order chi connectivity index (χ1) is 6.93. The van der Waals surface area contributed by atoms with Crippen LogP contribution in [0.4, 0.5) is 0 Å². The second-order valence-corrected chi connectivity index (χ2v) is 3.48. The highest BCUT2D eigenvalue weighted by atomic mass is 16.5. The summed E-state index contributed by atoms with van der Waals surface area (Å²) in [5.74, 6) is 6.33. The van der Waals surface area contributed by atoms with E-state index in [1.807, 2.05) is 6.92 Å². The minimum absolute atomic E-state index is 0.149. The SMILES string of the molecule is CCOCCOC1C#CCCCCC1. The molecule has 80 valence electrons. The molecule has 0 aromatic rings. The fraction of sp³-hybridized carbons (Fsp3) is 0.833. The molecule has 1 rings (SSSR count). The molecule has 0 aromatic heterocycles. The van der Waals surface area contributed by atoms with Crippen molar-refractivity contribution in [3.8, 4) is 11.8 Å². The Kier molecular flexibility index (Phi) is 6.47. The second kappa shape index (κ2) is 7.84. The van der Waals surface area contributed by atoms with Crippen LogP contribution in [0.2, 0.25) is 0 Å². The maximum absolute atomic E-state index is 5.62. The predicted molar refractivity (Wildman–Crippen MR) is 57.1 cm³/mol. The molecule has 1 atom stereocenters. The molecule has 0 saturated carbocycles. The monoisotopic (exact) mass is 196 g/mol. The van der Waals surface area contributed by atoms with E-state index in [9.17, 15) is 0 Å². The molecular formula is C12H20O2. The molecule has 0 heterocycles. The molecule has 1 unspecified atom stereocenters. The van der Waals surface area contributed by atoms with Gasteiger partial charge in [0, 0.05) is 13.0 Å². The van der Waals surface area contributed by atoms with Gasteiger partial charge in [0.25, 0.3) is 0 Å². The molecule has 0 saturated heterocycles. The highest BCUT2D eigenvalue weighted by Gasteiger charge is 2.06. The lowest BCUT2D eigenvalue weighted by Gasteiger charge is -2.13. The van der Waals surface area contributed by atoms with Crippen LogP contribution in [0.15, 0.2) is 0 Å². The number of hydrogen-bond acceptors (Lipinski definition) is 2. The van der Waals surface area contributed by atoms with Crippen LogP contribution in [-0.4, -0.2) is 25.9 Å². The third kappa shape index (κ3) is 5.26. The van der Waals surface area contributed by atoms with E-state index in [4.69, 9.17) is 9.47 Å². The van der Waals surface area contributed by atoms with Gasteiger partial charge in [-0.15, -0.1) is 5.92 Å². The Morgan fingerprint density at radius 1 is 1.21 bits per heavy atom. The van der Waals surface area contributed by atoms with Crippen LogP contribution in [0.3, 0.4) is 0 Å². The fourth-order valence-corrected chi connectivity index (χ4v) is 1.50. The van der Waals surface area contributed by atoms with Crippen molar-refractivity contribution >= 4 is 0 Å². The molecule has 14 heavy (non-hydrogen) atoms. The van der Waals surface area contributed by atoms with Crippen molar-refractivity contribution in [1.82, 2.24) is 0 Å². The van der Waals surface area contributed by atoms with Crippen LogP contribution < -0.4 is 0 Å². The topological polar surface area (TPSA) is 18.5 Å². The standard InChI is InChI=1S/C12H20O2/c1-2-13-10-11-14-12-8-6-4-3-5-7-9-12/h12H,2-6,8,10-11H2,1H3. The first-order valence-electron chi connectivity index (χ1n) is 5.61. The van der Waals surface area contributed by atoms with Crippen molar-refractivity contribution in [3.05, 3.63) is 0 Å². The first-order valence-corrected chi connectivity index (χ1v) is 5.61. The lowest BCUT2D eigenvalue weighted by molar-refractivity contribution is 0.0264. The maximum Gasteiger partial charge on any atom is 0.118 e. The van der Waals surface area contributed by atoms with Gasteiger partial charge in [-0.05, 0) is 26.2 Å². The minimum Gasteiger partial charge on any atom is -0.379 e. The van der Waals surface area contributed by atoms with Crippen LogP contribution in [0.5, 0.6) is 0 Å². The third-order valence-corrected chi connectivity index (χ3v) is 2.28. The maximum atomic E-state index is 5.62. The average molecular weight is 196 g/mol. The molecule has 0 bridgehead atoms. The van der Waals surface area contributed by atoms with E-state index in [1.165, 1.54) is 19.3 Å². The minimum atomic E-state index is 0.149. The molecule has 0 spiro atoms. The zero-order valence-electron chi connectivity index (χ0n) is 9.05. The van der Waals surface area contributed by atoms with Gasteiger partial charge in [0.1, 0.15) is 6.10 Å². The van der Waals surface area contributed by atoms with Gasteiger partial charge in [0.2, 0.25) is 0 Å². The summed E-state index contributed by atoms with van der Waals surface area (Å²) in [7, 11) is 0. The fourth-order valence-electron chi connectivity index (χ4n) is 1.50. The zero-order valence-corrected chi connectivity index (χ0v) is 9.05. The van der Waals surface area contributed by atoms with E-state index in [-0.39, 0.29) is 6.10 Å². The van der Waals surface area contributed by atoms with Crippen molar-refractivity contribution in [1.29, 1.82) is 0 Å². The molecule has 0 radical (unpaired) electrons. The summed E-state index contributed by atoms with van der Waals surface area (Å²) >= 11 is 0. The van der Waals surface area contributed by atoms with Gasteiger partial charge in [-0.25, -0.2) is 0 Å². The molecule has 0 aromatic carbocycles. The van der Waals surface area contributed by atoms with Crippen LogP contribution >= 0.6 is 0 Å². The van der Waals surface area contributed by atoms with Crippen molar-refractivity contribution in [2.75, 3.05) is 19.8 Å². The van der Waals surface area contributed by atoms with Gasteiger partial charge >= 0.3 is 0 Å². The van der Waals surface area contributed by atoms with E-state index >= 15 is 0 Å². The van der Waals surface area contributed by atoms with Crippen molar-refractivity contribution in [2.24, 2.45) is 0 Å². The summed E-state index contributed by atoms with van der Waals surface area (Å²) < 4.78 is 10.8. The predicted octanol–water partition coefficient (Wildman–Crippen LogP) is 2.38. The van der Waals surface area contributed by atoms with Gasteiger partial charge in [-0.1, -0.05) is 12.3 Å². The van der Waals surface area contributed by atoms with Crippen LogP contribution in [-0.2, 0) is 9.47 Å². The van der Waals surface area contributed by atoms with Crippen LogP contribution in [0.25, 0.3) is 0 Å². The Hall–Kier alpha value is -0.520. The normalized spacial score (nSPS) is 21.9. The summed E-state index contributed by atoms with van der Waals surface area (Å²) in [6.45, 7) is 4.12. The second-order valence-electron chi connectivity index (χ2n) is 3.48. The largest absolute Gasteiger partial charge is 0.379 e. The van der Waals surface area contributed by atoms with Crippen LogP contribution in [0.1, 0.15) is 39.0 Å². The van der Waals surface area contributed by atoms with Crippen molar-refractivity contribution in [3.63, 3.8) is 0 Å². The van der Waals surface area contributed by atoms with Gasteiger partial charge in [0.05, 0.1) is 13.2 Å². The highest BCUT2D eigenvalue weighted by molar-refractivity contribution is 5.05. The molecule has 1 aliphatic rings. The number of hydrogen-bond donors (Lipinski definition) is 0. The van der Waals surface area contributed by atoms with Gasteiger partial charge < -0.3 is 9.47 Å². The molecule has 0 N–H and O–H groups in total. The van der Waals surface area contributed by atoms with E-state index in [2.05, 4.69) is 11.8 Å². The zero-order chi connectivity index (χ0) is 10.1. The molecule has 2 nitrogen and oxygen atoms in total. The lowest BCUT2D eigenvalue weighted by Crippen LogP contribution is -2.15. The van der Waals surface area contributed by atoms with Crippen LogP contribution in [0, 0.1) is 11.8 Å². The molecule has 0 aliphatic heterocycles. The van der Waals surface area contributed by atoms with Crippen molar-refractivity contribution < 1.29 is 9.47 Å². The molecule has 2 heteroatoms. The summed E-state index contributed by atoms with van der Waals surface area (Å²) in [5, 5.41) is 0. The Morgan fingerprint density at radius 2 is 2.14 bits per heavy atom. The first kappa shape index (κ1) is 11.6. The number of ether oxygens (including phenoxy) is 2. The summed E-state index contributed by atoms with van der Waals surface area (Å²) in [6.07, 6.45) is 6.05. The summed E-state index contributed by atoms with van der Waals surface area (Å²) in [6, 6.07) is 0. The highest BCUT2D eigenvalue weighted by Crippen LogP contribution is 2.10. The van der Waals surface area contributed by atoms with Gasteiger partial charge in [-0.2, -0.15) is 0 Å². The van der Waals surface area contributed by atoms with E-state index in [0.717, 1.165) is 19.4 Å². The van der Waals surface area contributed by atoms with E-state index < -0.39 is 0 Å². The Morgan fingerprint density at radius 3 is 3.00 bits per heavy atom. The van der Waals surface area contributed by atoms with E-state index in [0.29, 0.717) is 13.2 Å². The quantitative estimate of drug-likeness (QED) is 0.496. The average Bonchev–Trinajstić information content (AvgIpc) is 2.15. The lowest BCUT2D eigenvalue weighted by atomic mass is 10.1. The Labute approximate surface area is 87.0 Å². The Balaban J connectivity index is 2.13. The Bertz CT molecular complexity index is 190. The molecule has 0 amide bonds. The van der Waals surface area contributed by atoms with Crippen molar-refractivity contribution in [2.45, 2.75) is 45.1 Å². The van der Waals surface area contributed by atoms with E-state index in [1.54, 1.807) is 0 Å². The molecular weight excluding hydrogens is 176 g/mol. The number of rotatable bonds is 5. The summed E-state index contributed by atoms with van der Waals surface area (Å²) in [4.78, 5) is 0. The third-order valence-electron chi connectivity index (χ3n) is 2.28. The smallest absolute Gasteiger partial charge is 0.118 e. The van der Waals surface area contributed by atoms with Gasteiger partial charge in [0.15, 0.2) is 0 Å². The summed E-state index contributed by atoms with van der Waals surface area (Å²) in [5.41, 5.74) is 0. The van der Waals surface area contributed by atoms with Gasteiger partial charge in [-0.3, -0.25) is 0 Å². The molecule has 1 aliphatic carbocycles.